The van der Waals surface area contributed by atoms with Gasteiger partial charge in [-0.1, -0.05) is 50.6 Å². The van der Waals surface area contributed by atoms with Gasteiger partial charge in [-0.05, 0) is 35.7 Å². The van der Waals surface area contributed by atoms with Gasteiger partial charge in [0.2, 0.25) is 5.91 Å². The highest BCUT2D eigenvalue weighted by Crippen LogP contribution is 2.14. The second kappa shape index (κ2) is 9.54. The Labute approximate surface area is 160 Å². The number of nitriles is 1. The minimum atomic E-state index is -0.592. The zero-order chi connectivity index (χ0) is 19.8. The summed E-state index contributed by atoms with van der Waals surface area (Å²) >= 11 is 0. The number of nitrogens with one attached hydrogen (secondary N) is 1. The van der Waals surface area contributed by atoms with Gasteiger partial charge in [0.1, 0.15) is 6.04 Å². The molecule has 0 saturated carbocycles. The van der Waals surface area contributed by atoms with E-state index in [1.807, 2.05) is 32.0 Å². The lowest BCUT2D eigenvalue weighted by atomic mass is 9.97. The molecule has 2 aromatic carbocycles. The third-order valence-corrected chi connectivity index (χ3v) is 4.68. The van der Waals surface area contributed by atoms with Crippen LogP contribution >= 0.6 is 0 Å². The molecule has 140 valence electrons. The highest BCUT2D eigenvalue weighted by Gasteiger charge is 2.28. The standard InChI is InChI=1S/C22H25N3O2/c1-4-16(2)20(24-21(26)19-8-6-5-7-9-19)22(27)25(3)15-18-12-10-17(14-23)11-13-18/h5-13,16,20H,4,15H2,1-3H3,(H,24,26). The first kappa shape index (κ1) is 20.2. The van der Waals surface area contributed by atoms with Crippen molar-refractivity contribution in [3.8, 4) is 6.07 Å². The van der Waals surface area contributed by atoms with Gasteiger partial charge < -0.3 is 10.2 Å². The largest absolute Gasteiger partial charge is 0.340 e. The molecular formula is C22H25N3O2. The molecule has 0 aliphatic carbocycles. The van der Waals surface area contributed by atoms with Crippen molar-refractivity contribution in [2.75, 3.05) is 7.05 Å². The first-order valence-electron chi connectivity index (χ1n) is 9.06. The fourth-order valence-corrected chi connectivity index (χ4v) is 2.77. The van der Waals surface area contributed by atoms with Gasteiger partial charge in [0, 0.05) is 19.2 Å². The fraction of sp³-hybridized carbons (Fsp3) is 0.318. The summed E-state index contributed by atoms with van der Waals surface area (Å²) < 4.78 is 0. The van der Waals surface area contributed by atoms with E-state index in [0.29, 0.717) is 17.7 Å². The van der Waals surface area contributed by atoms with Gasteiger partial charge in [-0.25, -0.2) is 0 Å². The van der Waals surface area contributed by atoms with Crippen molar-refractivity contribution in [2.45, 2.75) is 32.9 Å². The van der Waals surface area contributed by atoms with Gasteiger partial charge in [0.05, 0.1) is 11.6 Å². The lowest BCUT2D eigenvalue weighted by Crippen LogP contribution is -2.50. The molecule has 0 aliphatic heterocycles. The number of carbonyl (C=O) groups is 2. The lowest BCUT2D eigenvalue weighted by Gasteiger charge is -2.28. The van der Waals surface area contributed by atoms with Crippen molar-refractivity contribution in [2.24, 2.45) is 5.92 Å². The van der Waals surface area contributed by atoms with Crippen molar-refractivity contribution < 1.29 is 9.59 Å². The monoisotopic (exact) mass is 363 g/mol. The molecule has 1 N–H and O–H groups in total. The summed E-state index contributed by atoms with van der Waals surface area (Å²) in [7, 11) is 1.73. The number of hydrogen-bond acceptors (Lipinski definition) is 3. The minimum Gasteiger partial charge on any atom is -0.340 e. The van der Waals surface area contributed by atoms with E-state index in [1.54, 1.807) is 48.3 Å². The van der Waals surface area contributed by atoms with Crippen LogP contribution in [0.5, 0.6) is 0 Å². The van der Waals surface area contributed by atoms with E-state index in [2.05, 4.69) is 11.4 Å². The van der Waals surface area contributed by atoms with Crippen LogP contribution in [0.25, 0.3) is 0 Å². The molecule has 0 fully saturated rings. The van der Waals surface area contributed by atoms with Crippen LogP contribution in [0.1, 0.15) is 41.8 Å². The molecule has 0 saturated heterocycles. The van der Waals surface area contributed by atoms with Gasteiger partial charge >= 0.3 is 0 Å². The number of amides is 2. The topological polar surface area (TPSA) is 73.2 Å². The van der Waals surface area contributed by atoms with Crippen LogP contribution in [-0.4, -0.2) is 29.8 Å². The molecule has 2 amide bonds. The average molecular weight is 363 g/mol. The maximum atomic E-state index is 13.0. The van der Waals surface area contributed by atoms with E-state index in [-0.39, 0.29) is 17.7 Å². The molecule has 27 heavy (non-hydrogen) atoms. The Morgan fingerprint density at radius 3 is 2.30 bits per heavy atom. The molecule has 0 aromatic heterocycles. The van der Waals surface area contributed by atoms with E-state index in [4.69, 9.17) is 5.26 Å². The van der Waals surface area contributed by atoms with Crippen LogP contribution in [0.3, 0.4) is 0 Å². The predicted molar refractivity (Wildman–Crippen MR) is 105 cm³/mol. The van der Waals surface area contributed by atoms with Crippen molar-refractivity contribution in [3.63, 3.8) is 0 Å². The maximum Gasteiger partial charge on any atom is 0.251 e. The highest BCUT2D eigenvalue weighted by molar-refractivity contribution is 5.97. The van der Waals surface area contributed by atoms with Crippen LogP contribution in [0.2, 0.25) is 0 Å². The number of likely N-dealkylation sites (N-methyl/N-ethyl adjacent to an activating group) is 1. The summed E-state index contributed by atoms with van der Waals surface area (Å²) in [5.74, 6) is -0.368. The zero-order valence-electron chi connectivity index (χ0n) is 16.0. The van der Waals surface area contributed by atoms with Crippen molar-refractivity contribution in [3.05, 3.63) is 71.3 Å². The second-order valence-electron chi connectivity index (χ2n) is 6.71. The van der Waals surface area contributed by atoms with E-state index >= 15 is 0 Å². The first-order valence-corrected chi connectivity index (χ1v) is 9.06. The fourth-order valence-electron chi connectivity index (χ4n) is 2.77. The molecule has 0 aliphatic rings. The number of nitrogens with zero attached hydrogens (tertiary/aromatic N) is 2. The molecule has 2 aromatic rings. The Kier molecular flexibility index (Phi) is 7.13. The van der Waals surface area contributed by atoms with E-state index in [0.717, 1.165) is 12.0 Å². The van der Waals surface area contributed by atoms with Crippen LogP contribution in [0.4, 0.5) is 0 Å². The molecule has 5 heteroatoms. The van der Waals surface area contributed by atoms with Crippen LogP contribution < -0.4 is 5.32 Å². The van der Waals surface area contributed by atoms with E-state index in [9.17, 15) is 9.59 Å². The predicted octanol–water partition coefficient (Wildman–Crippen LogP) is 3.36. The Bertz CT molecular complexity index is 810. The van der Waals surface area contributed by atoms with Gasteiger partial charge in [0.15, 0.2) is 0 Å². The second-order valence-corrected chi connectivity index (χ2v) is 6.71. The van der Waals surface area contributed by atoms with Gasteiger partial charge in [-0.3, -0.25) is 9.59 Å². The number of rotatable bonds is 7. The lowest BCUT2D eigenvalue weighted by molar-refractivity contribution is -0.133. The van der Waals surface area contributed by atoms with E-state index in [1.165, 1.54) is 0 Å². The maximum absolute atomic E-state index is 13.0. The molecule has 2 unspecified atom stereocenters. The SMILES string of the molecule is CCC(C)C(NC(=O)c1ccccc1)C(=O)N(C)Cc1ccc(C#N)cc1. The van der Waals surface area contributed by atoms with Crippen LogP contribution in [-0.2, 0) is 11.3 Å². The van der Waals surface area contributed by atoms with Gasteiger partial charge in [0.25, 0.3) is 5.91 Å². The Morgan fingerprint density at radius 2 is 1.74 bits per heavy atom. The number of carbonyl (C=O) groups excluding carboxylic acids is 2. The zero-order valence-corrected chi connectivity index (χ0v) is 16.0. The highest BCUT2D eigenvalue weighted by atomic mass is 16.2. The third-order valence-electron chi connectivity index (χ3n) is 4.68. The summed E-state index contributed by atoms with van der Waals surface area (Å²) in [4.78, 5) is 27.1. The van der Waals surface area contributed by atoms with Crippen LogP contribution in [0.15, 0.2) is 54.6 Å². The third kappa shape index (κ3) is 5.42. The Morgan fingerprint density at radius 1 is 1.11 bits per heavy atom. The quantitative estimate of drug-likeness (QED) is 0.820. The average Bonchev–Trinajstić information content (AvgIpc) is 2.71. The summed E-state index contributed by atoms with van der Waals surface area (Å²) in [5, 5.41) is 11.8. The summed E-state index contributed by atoms with van der Waals surface area (Å²) in [6.07, 6.45) is 0.774. The number of hydrogen-bond donors (Lipinski definition) is 1. The van der Waals surface area contributed by atoms with Gasteiger partial charge in [-0.2, -0.15) is 5.26 Å². The first-order chi connectivity index (χ1) is 13.0. The molecule has 0 radical (unpaired) electrons. The van der Waals surface area contributed by atoms with Gasteiger partial charge in [-0.15, -0.1) is 0 Å². The summed E-state index contributed by atoms with van der Waals surface area (Å²) in [6, 6.07) is 17.5. The van der Waals surface area contributed by atoms with Crippen molar-refractivity contribution in [1.29, 1.82) is 5.26 Å². The summed E-state index contributed by atoms with van der Waals surface area (Å²) in [5.41, 5.74) is 2.05. The molecule has 2 atom stereocenters. The Balaban J connectivity index is 2.10. The van der Waals surface area contributed by atoms with E-state index < -0.39 is 6.04 Å². The minimum absolute atomic E-state index is 0.00794. The molecule has 0 bridgehead atoms. The van der Waals surface area contributed by atoms with Crippen molar-refractivity contribution >= 4 is 11.8 Å². The molecule has 0 heterocycles. The number of benzene rings is 2. The smallest absolute Gasteiger partial charge is 0.251 e. The normalized spacial score (nSPS) is 12.5. The Hall–Kier alpha value is -3.13. The van der Waals surface area contributed by atoms with Crippen molar-refractivity contribution in [1.82, 2.24) is 10.2 Å². The molecule has 0 spiro atoms. The molecule has 2 rings (SSSR count). The molecule has 5 nitrogen and oxygen atoms in total. The summed E-state index contributed by atoms with van der Waals surface area (Å²) in [6.45, 7) is 4.38. The molecular weight excluding hydrogens is 338 g/mol. The van der Waals surface area contributed by atoms with Crippen LogP contribution in [0, 0.1) is 17.2 Å².